The molecule has 0 aliphatic rings. The summed E-state index contributed by atoms with van der Waals surface area (Å²) in [5.41, 5.74) is 0.193. The fourth-order valence-electron chi connectivity index (χ4n) is 1.53. The largest absolute Gasteiger partial charge is 0.305 e. The molecular weight excluding hydrogens is 243 g/mol. The van der Waals surface area contributed by atoms with Crippen molar-refractivity contribution in [3.63, 3.8) is 0 Å². The molecule has 4 nitrogen and oxygen atoms in total. The molecule has 2 rings (SSSR count). The lowest BCUT2D eigenvalue weighted by molar-refractivity contribution is -0.387. The lowest BCUT2D eigenvalue weighted by atomic mass is 10.0. The molecule has 6 heteroatoms. The molecule has 0 fully saturated rings. The van der Waals surface area contributed by atoms with Crippen LogP contribution < -0.4 is 0 Å². The van der Waals surface area contributed by atoms with Crippen molar-refractivity contribution in [3.05, 3.63) is 56.3 Å². The Bertz CT molecular complexity index is 542. The minimum Gasteiger partial charge on any atom is -0.258 e. The standard InChI is InChI=1S/C11H9FN2O2S/c1-7(11-13-4-5-17-11)8-2-3-9(12)10(6-8)14(15)16/h2-7H,1H3. The van der Waals surface area contributed by atoms with E-state index in [1.165, 1.54) is 17.4 Å². The first-order valence-corrected chi connectivity index (χ1v) is 5.81. The molecule has 0 bridgehead atoms. The van der Waals surface area contributed by atoms with Crippen LogP contribution in [0.25, 0.3) is 0 Å². The van der Waals surface area contributed by atoms with Gasteiger partial charge in [0.25, 0.3) is 0 Å². The van der Waals surface area contributed by atoms with Gasteiger partial charge in [-0.2, -0.15) is 4.39 Å². The molecule has 88 valence electrons. The van der Waals surface area contributed by atoms with Gasteiger partial charge >= 0.3 is 5.69 Å². The van der Waals surface area contributed by atoms with Crippen molar-refractivity contribution in [2.45, 2.75) is 12.8 Å². The van der Waals surface area contributed by atoms with Crippen molar-refractivity contribution in [1.29, 1.82) is 0 Å². The molecule has 1 heterocycles. The maximum atomic E-state index is 13.2. The molecule has 2 aromatic rings. The van der Waals surface area contributed by atoms with E-state index in [-0.39, 0.29) is 5.92 Å². The van der Waals surface area contributed by atoms with E-state index in [1.807, 2.05) is 12.3 Å². The average Bonchev–Trinajstić information content (AvgIpc) is 2.81. The van der Waals surface area contributed by atoms with Gasteiger partial charge < -0.3 is 0 Å². The van der Waals surface area contributed by atoms with Crippen molar-refractivity contribution in [1.82, 2.24) is 4.98 Å². The Balaban J connectivity index is 2.40. The number of rotatable bonds is 3. The lowest BCUT2D eigenvalue weighted by Gasteiger charge is -2.08. The van der Waals surface area contributed by atoms with E-state index < -0.39 is 16.4 Å². The van der Waals surface area contributed by atoms with Gasteiger partial charge in [0.1, 0.15) is 0 Å². The molecule has 0 saturated heterocycles. The van der Waals surface area contributed by atoms with Gasteiger partial charge in [0.15, 0.2) is 0 Å². The van der Waals surface area contributed by atoms with Crippen molar-refractivity contribution in [2.24, 2.45) is 0 Å². The van der Waals surface area contributed by atoms with E-state index in [4.69, 9.17) is 0 Å². The fourth-order valence-corrected chi connectivity index (χ4v) is 2.25. The highest BCUT2D eigenvalue weighted by Crippen LogP contribution is 2.29. The Morgan fingerprint density at radius 2 is 2.29 bits per heavy atom. The summed E-state index contributed by atoms with van der Waals surface area (Å²) >= 11 is 1.47. The summed E-state index contributed by atoms with van der Waals surface area (Å²) in [6, 6.07) is 3.94. The normalized spacial score (nSPS) is 12.4. The van der Waals surface area contributed by atoms with Crippen LogP contribution in [0.1, 0.15) is 23.4 Å². The van der Waals surface area contributed by atoms with E-state index in [0.717, 1.165) is 11.1 Å². The first-order valence-electron chi connectivity index (χ1n) is 4.93. The Morgan fingerprint density at radius 1 is 1.53 bits per heavy atom. The molecule has 1 unspecified atom stereocenters. The van der Waals surface area contributed by atoms with Crippen molar-refractivity contribution in [2.75, 3.05) is 0 Å². The molecular formula is C11H9FN2O2S. The molecule has 17 heavy (non-hydrogen) atoms. The fraction of sp³-hybridized carbons (Fsp3) is 0.182. The number of nitro benzene ring substituents is 1. The number of halogens is 1. The highest BCUT2D eigenvalue weighted by atomic mass is 32.1. The molecule has 0 aliphatic heterocycles. The Morgan fingerprint density at radius 3 is 2.88 bits per heavy atom. The Hall–Kier alpha value is -1.82. The lowest BCUT2D eigenvalue weighted by Crippen LogP contribution is -1.99. The number of benzene rings is 1. The summed E-state index contributed by atoms with van der Waals surface area (Å²) in [5.74, 6) is -0.889. The Kier molecular flexibility index (Phi) is 3.14. The zero-order valence-corrected chi connectivity index (χ0v) is 9.78. The maximum Gasteiger partial charge on any atom is 0.305 e. The molecule has 0 saturated carbocycles. The predicted molar refractivity (Wildman–Crippen MR) is 62.7 cm³/mol. The molecule has 1 atom stereocenters. The van der Waals surface area contributed by atoms with Crippen LogP contribution in [0.3, 0.4) is 0 Å². The maximum absolute atomic E-state index is 13.2. The van der Waals surface area contributed by atoms with E-state index in [1.54, 1.807) is 12.3 Å². The second-order valence-corrected chi connectivity index (χ2v) is 4.49. The second kappa shape index (κ2) is 4.58. The van der Waals surface area contributed by atoms with Gasteiger partial charge in [0, 0.05) is 23.6 Å². The van der Waals surface area contributed by atoms with Crippen molar-refractivity contribution < 1.29 is 9.31 Å². The van der Waals surface area contributed by atoms with Crippen LogP contribution in [0, 0.1) is 15.9 Å². The first-order chi connectivity index (χ1) is 8.09. The summed E-state index contributed by atoms with van der Waals surface area (Å²) in [4.78, 5) is 14.1. The van der Waals surface area contributed by atoms with Crippen LogP contribution in [-0.2, 0) is 0 Å². The average molecular weight is 252 g/mol. The number of hydrogen-bond donors (Lipinski definition) is 0. The zero-order valence-electron chi connectivity index (χ0n) is 8.96. The molecule has 0 spiro atoms. The molecule has 1 aromatic carbocycles. The smallest absolute Gasteiger partial charge is 0.258 e. The van der Waals surface area contributed by atoms with Gasteiger partial charge in [-0.15, -0.1) is 11.3 Å². The summed E-state index contributed by atoms with van der Waals surface area (Å²) in [6.45, 7) is 1.88. The van der Waals surface area contributed by atoms with Crippen LogP contribution in [0.15, 0.2) is 29.8 Å². The highest BCUT2D eigenvalue weighted by Gasteiger charge is 2.18. The molecule has 0 aliphatic carbocycles. The SMILES string of the molecule is CC(c1ccc(F)c([N+](=O)[O-])c1)c1nccs1. The van der Waals surface area contributed by atoms with E-state index in [9.17, 15) is 14.5 Å². The summed E-state index contributed by atoms with van der Waals surface area (Å²) in [6.07, 6.45) is 1.68. The quantitative estimate of drug-likeness (QED) is 0.621. The molecule has 0 N–H and O–H groups in total. The van der Waals surface area contributed by atoms with Crippen LogP contribution in [-0.4, -0.2) is 9.91 Å². The number of thiazole rings is 1. The third kappa shape index (κ3) is 2.31. The summed E-state index contributed by atoms with van der Waals surface area (Å²) in [7, 11) is 0. The molecule has 1 aromatic heterocycles. The van der Waals surface area contributed by atoms with E-state index in [0.29, 0.717) is 5.56 Å². The van der Waals surface area contributed by atoms with E-state index >= 15 is 0 Å². The van der Waals surface area contributed by atoms with Gasteiger partial charge in [-0.25, -0.2) is 4.98 Å². The highest BCUT2D eigenvalue weighted by molar-refractivity contribution is 7.09. The summed E-state index contributed by atoms with van der Waals surface area (Å²) in [5, 5.41) is 13.3. The van der Waals surface area contributed by atoms with Gasteiger partial charge in [0.2, 0.25) is 5.82 Å². The van der Waals surface area contributed by atoms with Crippen LogP contribution in [0.5, 0.6) is 0 Å². The second-order valence-electron chi connectivity index (χ2n) is 3.56. The molecule has 0 amide bonds. The summed E-state index contributed by atoms with van der Waals surface area (Å²) < 4.78 is 13.2. The Labute approximate surface area is 101 Å². The van der Waals surface area contributed by atoms with Gasteiger partial charge in [-0.3, -0.25) is 10.1 Å². The first kappa shape index (κ1) is 11.7. The third-order valence-electron chi connectivity index (χ3n) is 2.49. The number of nitro groups is 1. The molecule has 0 radical (unpaired) electrons. The monoisotopic (exact) mass is 252 g/mol. The topological polar surface area (TPSA) is 56.0 Å². The van der Waals surface area contributed by atoms with Gasteiger partial charge in [0.05, 0.1) is 9.93 Å². The third-order valence-corrected chi connectivity index (χ3v) is 3.45. The minimum absolute atomic E-state index is 0.0747. The minimum atomic E-state index is -0.815. The van der Waals surface area contributed by atoms with Crippen LogP contribution in [0.2, 0.25) is 0 Å². The van der Waals surface area contributed by atoms with Crippen LogP contribution in [0.4, 0.5) is 10.1 Å². The van der Waals surface area contributed by atoms with Gasteiger partial charge in [-0.1, -0.05) is 13.0 Å². The van der Waals surface area contributed by atoms with Crippen molar-refractivity contribution >= 4 is 17.0 Å². The zero-order chi connectivity index (χ0) is 12.4. The predicted octanol–water partition coefficient (Wildman–Crippen LogP) is 3.34. The van der Waals surface area contributed by atoms with Gasteiger partial charge in [-0.05, 0) is 11.6 Å². The van der Waals surface area contributed by atoms with Crippen LogP contribution >= 0.6 is 11.3 Å². The number of aromatic nitrogens is 1. The number of hydrogen-bond acceptors (Lipinski definition) is 4. The van der Waals surface area contributed by atoms with E-state index in [2.05, 4.69) is 4.98 Å². The number of nitrogens with zero attached hydrogens (tertiary/aromatic N) is 2. The van der Waals surface area contributed by atoms with Crippen molar-refractivity contribution in [3.8, 4) is 0 Å².